The largest absolute Gasteiger partial charge is 0.497 e. The second-order valence-electron chi connectivity index (χ2n) is 4.78. The first kappa shape index (κ1) is 16.9. The highest BCUT2D eigenvalue weighted by Crippen LogP contribution is 2.25. The Hall–Kier alpha value is -1.46. The molecule has 0 unspecified atom stereocenters. The van der Waals surface area contributed by atoms with Crippen LogP contribution in [0.2, 0.25) is 0 Å². The minimum Gasteiger partial charge on any atom is -0.497 e. The molecule has 0 aliphatic heterocycles. The Morgan fingerprint density at radius 1 is 1.18 bits per heavy atom. The van der Waals surface area contributed by atoms with Crippen LogP contribution < -0.4 is 10.1 Å². The molecule has 3 nitrogen and oxygen atoms in total. The molecule has 0 saturated carbocycles. The van der Waals surface area contributed by atoms with Gasteiger partial charge in [0.2, 0.25) is 5.91 Å². The van der Waals surface area contributed by atoms with Crippen molar-refractivity contribution in [2.75, 3.05) is 7.11 Å². The second-order valence-corrected chi connectivity index (χ2v) is 7.11. The molecular formula is C17H18BrNO2S. The molecule has 0 spiro atoms. The van der Waals surface area contributed by atoms with Gasteiger partial charge in [0.05, 0.1) is 12.4 Å². The van der Waals surface area contributed by atoms with Crippen molar-refractivity contribution in [1.29, 1.82) is 0 Å². The maximum atomic E-state index is 12.1. The minimum atomic E-state index is -0.139. The summed E-state index contributed by atoms with van der Waals surface area (Å²) in [6, 6.07) is 15.6. The lowest BCUT2D eigenvalue weighted by molar-refractivity contribution is -0.120. The van der Waals surface area contributed by atoms with Crippen molar-refractivity contribution in [2.24, 2.45) is 0 Å². The summed E-state index contributed by atoms with van der Waals surface area (Å²) in [5, 5.41) is 2.82. The number of carbonyl (C=O) groups is 1. The number of amides is 1. The fourth-order valence-electron chi connectivity index (χ4n) is 1.85. The van der Waals surface area contributed by atoms with E-state index in [1.165, 1.54) is 0 Å². The highest BCUT2D eigenvalue weighted by Gasteiger charge is 2.13. The Morgan fingerprint density at radius 3 is 2.41 bits per heavy atom. The summed E-state index contributed by atoms with van der Waals surface area (Å²) in [6.07, 6.45) is 0. The number of thioether (sulfide) groups is 1. The van der Waals surface area contributed by atoms with Crippen molar-refractivity contribution < 1.29 is 9.53 Å². The maximum Gasteiger partial charge on any atom is 0.233 e. The molecule has 22 heavy (non-hydrogen) atoms. The first-order chi connectivity index (χ1) is 10.6. The van der Waals surface area contributed by atoms with Crippen LogP contribution in [0.3, 0.4) is 0 Å². The third-order valence-corrected chi connectivity index (χ3v) is 4.76. The number of carbonyl (C=O) groups excluding carboxylic acids is 1. The van der Waals surface area contributed by atoms with Gasteiger partial charge < -0.3 is 10.1 Å². The predicted molar refractivity (Wildman–Crippen MR) is 94.3 cm³/mol. The van der Waals surface area contributed by atoms with Crippen LogP contribution in [0.5, 0.6) is 5.75 Å². The van der Waals surface area contributed by atoms with E-state index < -0.39 is 0 Å². The van der Waals surface area contributed by atoms with Gasteiger partial charge in [-0.15, -0.1) is 11.8 Å². The zero-order valence-corrected chi connectivity index (χ0v) is 14.9. The number of methoxy groups -OCH3 is 1. The van der Waals surface area contributed by atoms with Crippen LogP contribution in [-0.4, -0.2) is 18.3 Å². The van der Waals surface area contributed by atoms with Gasteiger partial charge in [-0.25, -0.2) is 0 Å². The second kappa shape index (κ2) is 8.25. The van der Waals surface area contributed by atoms with Crippen molar-refractivity contribution in [2.45, 2.75) is 23.6 Å². The molecule has 0 fully saturated rings. The monoisotopic (exact) mass is 379 g/mol. The van der Waals surface area contributed by atoms with Gasteiger partial charge in [-0.1, -0.05) is 28.1 Å². The number of rotatable bonds is 6. The lowest BCUT2D eigenvalue weighted by atomic mass is 10.2. The van der Waals surface area contributed by atoms with Crippen LogP contribution in [-0.2, 0) is 11.3 Å². The van der Waals surface area contributed by atoms with Crippen molar-refractivity contribution in [3.05, 3.63) is 58.6 Å². The van der Waals surface area contributed by atoms with Crippen molar-refractivity contribution in [1.82, 2.24) is 5.32 Å². The van der Waals surface area contributed by atoms with Crippen LogP contribution >= 0.6 is 27.7 Å². The van der Waals surface area contributed by atoms with Gasteiger partial charge in [0.25, 0.3) is 0 Å². The van der Waals surface area contributed by atoms with Gasteiger partial charge in [-0.3, -0.25) is 4.79 Å². The van der Waals surface area contributed by atoms with Gasteiger partial charge in [-0.05, 0) is 48.9 Å². The lowest BCUT2D eigenvalue weighted by Crippen LogP contribution is -2.30. The van der Waals surface area contributed by atoms with Crippen LogP contribution in [0.4, 0.5) is 0 Å². The lowest BCUT2D eigenvalue weighted by Gasteiger charge is -2.12. The van der Waals surface area contributed by atoms with E-state index in [1.807, 2.05) is 55.5 Å². The quantitative estimate of drug-likeness (QED) is 0.762. The standard InChI is InChI=1S/C17H18BrNO2S/c1-12(22-16-9-5-14(18)6-10-16)17(20)19-11-13-3-7-15(21-2)8-4-13/h3-10,12H,11H2,1-2H3,(H,19,20)/t12-/m0/s1. The molecule has 5 heteroatoms. The van der Waals surface area contributed by atoms with Gasteiger partial charge in [0, 0.05) is 15.9 Å². The topological polar surface area (TPSA) is 38.3 Å². The van der Waals surface area contributed by atoms with Gasteiger partial charge in [-0.2, -0.15) is 0 Å². The Kier molecular flexibility index (Phi) is 6.34. The van der Waals surface area contributed by atoms with E-state index in [0.29, 0.717) is 6.54 Å². The first-order valence-electron chi connectivity index (χ1n) is 6.91. The van der Waals surface area contributed by atoms with Gasteiger partial charge >= 0.3 is 0 Å². The summed E-state index contributed by atoms with van der Waals surface area (Å²) < 4.78 is 6.15. The minimum absolute atomic E-state index is 0.0312. The van der Waals surface area contributed by atoms with Crippen molar-refractivity contribution in [3.8, 4) is 5.75 Å². The Bertz CT molecular complexity index is 614. The fourth-order valence-corrected chi connectivity index (χ4v) is 3.00. The average Bonchev–Trinajstić information content (AvgIpc) is 2.55. The molecule has 2 aromatic carbocycles. The molecule has 0 aliphatic carbocycles. The molecule has 1 atom stereocenters. The zero-order chi connectivity index (χ0) is 15.9. The normalized spacial score (nSPS) is 11.8. The number of halogens is 1. The van der Waals surface area contributed by atoms with Crippen molar-refractivity contribution >= 4 is 33.6 Å². The van der Waals surface area contributed by atoms with E-state index in [1.54, 1.807) is 18.9 Å². The van der Waals surface area contributed by atoms with Crippen LogP contribution in [0, 0.1) is 0 Å². The summed E-state index contributed by atoms with van der Waals surface area (Å²) >= 11 is 4.95. The highest BCUT2D eigenvalue weighted by atomic mass is 79.9. The molecule has 0 aromatic heterocycles. The summed E-state index contributed by atoms with van der Waals surface area (Å²) in [5.74, 6) is 0.845. The molecule has 0 saturated heterocycles. The molecule has 1 amide bonds. The summed E-state index contributed by atoms with van der Waals surface area (Å²) in [6.45, 7) is 2.43. The highest BCUT2D eigenvalue weighted by molar-refractivity contribution is 9.10. The summed E-state index contributed by atoms with van der Waals surface area (Å²) in [5.41, 5.74) is 1.05. The zero-order valence-electron chi connectivity index (χ0n) is 12.5. The molecule has 0 bridgehead atoms. The third kappa shape index (κ3) is 5.07. The number of hydrogen-bond acceptors (Lipinski definition) is 3. The summed E-state index contributed by atoms with van der Waals surface area (Å²) in [4.78, 5) is 13.2. The number of ether oxygens (including phenoxy) is 1. The molecule has 0 heterocycles. The number of nitrogens with one attached hydrogen (secondary N) is 1. The van der Waals surface area contributed by atoms with E-state index in [2.05, 4.69) is 21.2 Å². The molecule has 116 valence electrons. The van der Waals surface area contributed by atoms with E-state index in [4.69, 9.17) is 4.74 Å². The molecule has 2 aromatic rings. The van der Waals surface area contributed by atoms with E-state index in [0.717, 1.165) is 20.7 Å². The number of benzene rings is 2. The Morgan fingerprint density at radius 2 is 1.82 bits per heavy atom. The van der Waals surface area contributed by atoms with Gasteiger partial charge in [0.1, 0.15) is 5.75 Å². The SMILES string of the molecule is COc1ccc(CNC(=O)[C@H](C)Sc2ccc(Br)cc2)cc1. The molecule has 0 aliphatic rings. The predicted octanol–water partition coefficient (Wildman–Crippen LogP) is 4.25. The number of hydrogen-bond donors (Lipinski definition) is 1. The Labute approximate surface area is 143 Å². The van der Waals surface area contributed by atoms with Crippen LogP contribution in [0.25, 0.3) is 0 Å². The Balaban J connectivity index is 1.84. The maximum absolute atomic E-state index is 12.1. The van der Waals surface area contributed by atoms with Crippen LogP contribution in [0.15, 0.2) is 57.9 Å². The molecular weight excluding hydrogens is 362 g/mol. The molecule has 1 N–H and O–H groups in total. The average molecular weight is 380 g/mol. The van der Waals surface area contributed by atoms with E-state index >= 15 is 0 Å². The molecule has 0 radical (unpaired) electrons. The van der Waals surface area contributed by atoms with E-state index in [9.17, 15) is 4.79 Å². The van der Waals surface area contributed by atoms with Crippen LogP contribution in [0.1, 0.15) is 12.5 Å². The molecule has 2 rings (SSSR count). The van der Waals surface area contributed by atoms with Crippen molar-refractivity contribution in [3.63, 3.8) is 0 Å². The fraction of sp³-hybridized carbons (Fsp3) is 0.235. The first-order valence-corrected chi connectivity index (χ1v) is 8.58. The smallest absolute Gasteiger partial charge is 0.233 e. The third-order valence-electron chi connectivity index (χ3n) is 3.12. The van der Waals surface area contributed by atoms with Gasteiger partial charge in [0.15, 0.2) is 0 Å². The summed E-state index contributed by atoms with van der Waals surface area (Å²) in [7, 11) is 1.64. The van der Waals surface area contributed by atoms with E-state index in [-0.39, 0.29) is 11.2 Å².